The van der Waals surface area contributed by atoms with Gasteiger partial charge in [-0.05, 0) is 39.2 Å². The highest BCUT2D eigenvalue weighted by Crippen LogP contribution is 2.12. The van der Waals surface area contributed by atoms with Crippen LogP contribution in [0.25, 0.3) is 0 Å². The highest BCUT2D eigenvalue weighted by atomic mass is 16.6. The van der Waals surface area contributed by atoms with E-state index < -0.39 is 0 Å². The quantitative estimate of drug-likeness (QED) is 0.583. The van der Waals surface area contributed by atoms with Gasteiger partial charge < -0.3 is 25.0 Å². The zero-order valence-electron chi connectivity index (χ0n) is 16.7. The van der Waals surface area contributed by atoms with E-state index in [-0.39, 0.29) is 18.2 Å². The lowest BCUT2D eigenvalue weighted by Crippen LogP contribution is -2.49. The Morgan fingerprint density at radius 3 is 2.67 bits per heavy atom. The molecular weight excluding hydrogens is 346 g/mol. The van der Waals surface area contributed by atoms with E-state index >= 15 is 0 Å². The van der Waals surface area contributed by atoms with Gasteiger partial charge in [-0.3, -0.25) is 4.99 Å². The number of aromatic nitrogens is 1. The number of nitrogens with zero attached hydrogens (tertiary/aromatic N) is 3. The first-order valence-corrected chi connectivity index (χ1v) is 9.52. The molecule has 0 bridgehead atoms. The number of nitrogens with one attached hydrogen (secondary N) is 2. The molecule has 2 N–H and O–H groups in total. The fourth-order valence-electron chi connectivity index (χ4n) is 2.82. The van der Waals surface area contributed by atoms with Gasteiger partial charge in [0.25, 0.3) is 0 Å². The molecule has 1 saturated heterocycles. The Bertz CT molecular complexity index is 610. The first-order chi connectivity index (χ1) is 13.0. The van der Waals surface area contributed by atoms with Crippen molar-refractivity contribution >= 4 is 12.1 Å². The van der Waals surface area contributed by atoms with E-state index in [2.05, 4.69) is 20.6 Å². The van der Waals surface area contributed by atoms with Crippen LogP contribution in [0.1, 0.15) is 39.2 Å². The first-order valence-electron chi connectivity index (χ1n) is 9.52. The topological polar surface area (TPSA) is 88.1 Å². The average molecular weight is 377 g/mol. The summed E-state index contributed by atoms with van der Waals surface area (Å²) in [6, 6.07) is 4.14. The molecule has 8 nitrogen and oxygen atoms in total. The molecule has 150 valence electrons. The molecule has 0 spiro atoms. The minimum Gasteiger partial charge on any atom is -0.475 e. The van der Waals surface area contributed by atoms with Crippen LogP contribution in [0.3, 0.4) is 0 Å². The van der Waals surface area contributed by atoms with Gasteiger partial charge in [0.15, 0.2) is 5.96 Å². The van der Waals surface area contributed by atoms with Crippen molar-refractivity contribution in [3.63, 3.8) is 0 Å². The smallest absolute Gasteiger partial charge is 0.409 e. The number of rotatable bonds is 6. The first kappa shape index (κ1) is 20.8. The summed E-state index contributed by atoms with van der Waals surface area (Å²) in [6.45, 7) is 8.18. The second-order valence-electron chi connectivity index (χ2n) is 6.70. The Morgan fingerprint density at radius 2 is 2.11 bits per heavy atom. The maximum Gasteiger partial charge on any atom is 0.409 e. The van der Waals surface area contributed by atoms with Gasteiger partial charge in [-0.15, -0.1) is 0 Å². The molecule has 2 rings (SSSR count). The van der Waals surface area contributed by atoms with E-state index in [1.54, 1.807) is 18.1 Å². The normalized spacial score (nSPS) is 15.6. The fraction of sp³-hybridized carbons (Fsp3) is 0.632. The molecular formula is C19H31N5O3. The van der Waals surface area contributed by atoms with Crippen molar-refractivity contribution in [3.05, 3.63) is 23.9 Å². The van der Waals surface area contributed by atoms with Crippen molar-refractivity contribution in [2.24, 2.45) is 4.99 Å². The zero-order chi connectivity index (χ0) is 19.6. The third-order valence-corrected chi connectivity index (χ3v) is 4.20. The van der Waals surface area contributed by atoms with Crippen LogP contribution in [0.5, 0.6) is 5.88 Å². The fourth-order valence-corrected chi connectivity index (χ4v) is 2.82. The third-order valence-electron chi connectivity index (χ3n) is 4.20. The molecule has 0 aliphatic carbocycles. The molecule has 1 fully saturated rings. The number of piperidine rings is 1. The van der Waals surface area contributed by atoms with E-state index in [0.29, 0.717) is 32.1 Å². The lowest BCUT2D eigenvalue weighted by molar-refractivity contribution is 0.0963. The van der Waals surface area contributed by atoms with Gasteiger partial charge in [0.2, 0.25) is 5.88 Å². The van der Waals surface area contributed by atoms with Gasteiger partial charge >= 0.3 is 6.09 Å². The number of carbonyl (C=O) groups is 1. The Morgan fingerprint density at radius 1 is 1.37 bits per heavy atom. The molecule has 1 aliphatic heterocycles. The van der Waals surface area contributed by atoms with Crippen LogP contribution in [0, 0.1) is 0 Å². The Balaban J connectivity index is 1.75. The largest absolute Gasteiger partial charge is 0.475 e. The van der Waals surface area contributed by atoms with Gasteiger partial charge in [0, 0.05) is 45.0 Å². The second-order valence-corrected chi connectivity index (χ2v) is 6.70. The van der Waals surface area contributed by atoms with Crippen molar-refractivity contribution in [1.82, 2.24) is 20.5 Å². The summed E-state index contributed by atoms with van der Waals surface area (Å²) >= 11 is 0. The average Bonchev–Trinajstić information content (AvgIpc) is 2.66. The maximum atomic E-state index is 11.8. The van der Waals surface area contributed by atoms with E-state index in [0.717, 1.165) is 24.4 Å². The molecule has 8 heteroatoms. The molecule has 0 saturated carbocycles. The molecule has 0 atom stereocenters. The summed E-state index contributed by atoms with van der Waals surface area (Å²) in [5.41, 5.74) is 1.05. The number of amides is 1. The lowest BCUT2D eigenvalue weighted by atomic mass is 10.1. The van der Waals surface area contributed by atoms with Crippen molar-refractivity contribution in [1.29, 1.82) is 0 Å². The van der Waals surface area contributed by atoms with Gasteiger partial charge in [-0.2, -0.15) is 0 Å². The van der Waals surface area contributed by atoms with Crippen molar-refractivity contribution in [2.75, 3.05) is 26.7 Å². The van der Waals surface area contributed by atoms with Crippen LogP contribution in [-0.4, -0.2) is 60.8 Å². The highest BCUT2D eigenvalue weighted by Gasteiger charge is 2.23. The molecule has 1 aromatic heterocycles. The van der Waals surface area contributed by atoms with Crippen LogP contribution in [0.4, 0.5) is 4.79 Å². The SMILES string of the molecule is CCOC(=O)N1CCC(NC(=NC)NCc2ccc(OC(C)C)nc2)CC1. The minimum atomic E-state index is -0.226. The molecule has 2 heterocycles. The number of hydrogen-bond donors (Lipinski definition) is 2. The number of likely N-dealkylation sites (tertiary alicyclic amines) is 1. The number of ether oxygens (including phenoxy) is 2. The van der Waals surface area contributed by atoms with Crippen molar-refractivity contribution < 1.29 is 14.3 Å². The lowest BCUT2D eigenvalue weighted by Gasteiger charge is -2.32. The number of guanidine groups is 1. The van der Waals surface area contributed by atoms with Gasteiger partial charge in [-0.25, -0.2) is 9.78 Å². The van der Waals surface area contributed by atoms with Crippen molar-refractivity contribution in [2.45, 2.75) is 52.3 Å². The molecule has 1 amide bonds. The summed E-state index contributed by atoms with van der Waals surface area (Å²) in [5.74, 6) is 1.37. The van der Waals surface area contributed by atoms with Gasteiger partial charge in [0.1, 0.15) is 0 Å². The summed E-state index contributed by atoms with van der Waals surface area (Å²) in [4.78, 5) is 22.1. The Hall–Kier alpha value is -2.51. The highest BCUT2D eigenvalue weighted by molar-refractivity contribution is 5.80. The van der Waals surface area contributed by atoms with E-state index in [1.807, 2.05) is 32.9 Å². The summed E-state index contributed by atoms with van der Waals surface area (Å²) < 4.78 is 10.6. The predicted molar refractivity (Wildman–Crippen MR) is 105 cm³/mol. The molecule has 0 aromatic carbocycles. The number of hydrogen-bond acceptors (Lipinski definition) is 5. The second kappa shape index (κ2) is 10.6. The molecule has 0 unspecified atom stereocenters. The van der Waals surface area contributed by atoms with Crippen LogP contribution >= 0.6 is 0 Å². The number of carbonyl (C=O) groups excluding carboxylic acids is 1. The van der Waals surface area contributed by atoms with Crippen LogP contribution < -0.4 is 15.4 Å². The summed E-state index contributed by atoms with van der Waals surface area (Å²) in [5, 5.41) is 6.72. The van der Waals surface area contributed by atoms with Gasteiger partial charge in [-0.1, -0.05) is 6.07 Å². The number of aliphatic imine (C=N–C) groups is 1. The molecule has 1 aromatic rings. The standard InChI is InChI=1S/C19H31N5O3/c1-5-26-19(25)24-10-8-16(9-11-24)23-18(20-4)22-13-15-6-7-17(21-12-15)27-14(2)3/h6-7,12,14,16H,5,8-11,13H2,1-4H3,(H2,20,22,23). The van der Waals surface area contributed by atoms with E-state index in [9.17, 15) is 4.79 Å². The predicted octanol–water partition coefficient (Wildman–Crippen LogP) is 2.15. The maximum absolute atomic E-state index is 11.8. The van der Waals surface area contributed by atoms with Crippen LogP contribution in [-0.2, 0) is 11.3 Å². The van der Waals surface area contributed by atoms with Crippen molar-refractivity contribution in [3.8, 4) is 5.88 Å². The zero-order valence-corrected chi connectivity index (χ0v) is 16.7. The Kier molecular flexibility index (Phi) is 8.16. The number of pyridine rings is 1. The van der Waals surface area contributed by atoms with E-state index in [1.165, 1.54) is 0 Å². The van der Waals surface area contributed by atoms with Gasteiger partial charge in [0.05, 0.1) is 12.7 Å². The summed E-state index contributed by atoms with van der Waals surface area (Å²) in [7, 11) is 1.75. The minimum absolute atomic E-state index is 0.111. The Labute approximate surface area is 161 Å². The molecule has 1 aliphatic rings. The van der Waals surface area contributed by atoms with Crippen LogP contribution in [0.15, 0.2) is 23.3 Å². The molecule has 0 radical (unpaired) electrons. The third kappa shape index (κ3) is 6.96. The van der Waals surface area contributed by atoms with Crippen LogP contribution in [0.2, 0.25) is 0 Å². The summed E-state index contributed by atoms with van der Waals surface area (Å²) in [6.07, 6.45) is 3.41. The van der Waals surface area contributed by atoms with E-state index in [4.69, 9.17) is 9.47 Å². The monoisotopic (exact) mass is 377 g/mol. The molecule has 27 heavy (non-hydrogen) atoms.